The molecule has 3 aliphatic rings. The summed E-state index contributed by atoms with van der Waals surface area (Å²) in [7, 11) is 1.70. The van der Waals surface area contributed by atoms with E-state index in [1.807, 2.05) is 35.2 Å². The average Bonchev–Trinajstić information content (AvgIpc) is 3.33. The third kappa shape index (κ3) is 2.44. The second-order valence-electron chi connectivity index (χ2n) is 8.19. The first-order chi connectivity index (χ1) is 14.6. The lowest BCUT2D eigenvalue weighted by molar-refractivity contribution is -0.137. The predicted octanol–water partition coefficient (Wildman–Crippen LogP) is 2.60. The molecular weight excluding hydrogens is 382 g/mol. The molecule has 1 aromatic heterocycles. The van der Waals surface area contributed by atoms with Gasteiger partial charge in [0.15, 0.2) is 11.5 Å². The van der Waals surface area contributed by atoms with Crippen molar-refractivity contribution < 1.29 is 19.1 Å². The number of ether oxygens (including phenoxy) is 2. The average molecular weight is 403 g/mol. The van der Waals surface area contributed by atoms with Crippen molar-refractivity contribution in [2.45, 2.75) is 24.9 Å². The fraction of sp³-hybridized carbons (Fsp3) is 0.304. The van der Waals surface area contributed by atoms with E-state index >= 15 is 0 Å². The van der Waals surface area contributed by atoms with Crippen LogP contribution in [0.15, 0.2) is 42.5 Å². The number of benzene rings is 2. The molecule has 0 unspecified atom stereocenters. The number of H-pyrrole nitrogens is 1. The maximum absolute atomic E-state index is 13.3. The summed E-state index contributed by atoms with van der Waals surface area (Å²) < 4.78 is 11.1. The molecule has 3 aromatic rings. The molecule has 7 nitrogen and oxygen atoms in total. The van der Waals surface area contributed by atoms with Crippen LogP contribution in [0.5, 0.6) is 11.5 Å². The molecule has 1 N–H and O–H groups in total. The van der Waals surface area contributed by atoms with Crippen LogP contribution in [0.2, 0.25) is 0 Å². The lowest BCUT2D eigenvalue weighted by atomic mass is 9.87. The molecule has 2 atom stereocenters. The number of para-hydroxylation sites is 1. The molecule has 4 heterocycles. The summed E-state index contributed by atoms with van der Waals surface area (Å²) in [6.07, 6.45) is 0.980. The fourth-order valence-electron chi connectivity index (χ4n) is 5.02. The summed E-state index contributed by atoms with van der Waals surface area (Å²) in [6, 6.07) is 13.5. The maximum Gasteiger partial charge on any atom is 0.243 e. The van der Waals surface area contributed by atoms with Crippen LogP contribution in [0, 0.1) is 0 Å². The van der Waals surface area contributed by atoms with Crippen LogP contribution in [-0.2, 0) is 16.0 Å². The minimum atomic E-state index is -0.313. The van der Waals surface area contributed by atoms with Gasteiger partial charge >= 0.3 is 0 Å². The van der Waals surface area contributed by atoms with Gasteiger partial charge in [-0.15, -0.1) is 0 Å². The molecular formula is C23H21N3O4. The van der Waals surface area contributed by atoms with Crippen LogP contribution in [0.4, 0.5) is 0 Å². The normalized spacial score (nSPS) is 22.8. The number of amides is 2. The summed E-state index contributed by atoms with van der Waals surface area (Å²) in [5.74, 6) is 1.35. The van der Waals surface area contributed by atoms with Crippen LogP contribution < -0.4 is 9.47 Å². The SMILES string of the molecule is CN1CC(=O)N2[C@@H](CC1=O)Cc1c([nH]c3ccccc13)[C@H]2c1ccc2c(c1)OCO2. The van der Waals surface area contributed by atoms with Crippen molar-refractivity contribution in [3.63, 3.8) is 0 Å². The van der Waals surface area contributed by atoms with E-state index in [1.165, 1.54) is 10.5 Å². The molecule has 30 heavy (non-hydrogen) atoms. The largest absolute Gasteiger partial charge is 0.454 e. The van der Waals surface area contributed by atoms with Gasteiger partial charge in [-0.1, -0.05) is 24.3 Å². The first-order valence-corrected chi connectivity index (χ1v) is 10.1. The minimum Gasteiger partial charge on any atom is -0.454 e. The smallest absolute Gasteiger partial charge is 0.243 e. The van der Waals surface area contributed by atoms with Gasteiger partial charge in [0.2, 0.25) is 18.6 Å². The number of aromatic nitrogens is 1. The monoisotopic (exact) mass is 403 g/mol. The van der Waals surface area contributed by atoms with Crippen molar-refractivity contribution >= 4 is 22.7 Å². The highest BCUT2D eigenvalue weighted by Gasteiger charge is 2.43. The van der Waals surface area contributed by atoms with Crippen molar-refractivity contribution in [3.05, 3.63) is 59.3 Å². The van der Waals surface area contributed by atoms with E-state index in [9.17, 15) is 9.59 Å². The van der Waals surface area contributed by atoms with Crippen molar-refractivity contribution in [1.29, 1.82) is 0 Å². The molecule has 6 rings (SSSR count). The number of likely N-dealkylation sites (N-methyl/N-ethyl adjacent to an activating group) is 1. The topological polar surface area (TPSA) is 74.9 Å². The second-order valence-corrected chi connectivity index (χ2v) is 8.19. The first kappa shape index (κ1) is 17.4. The van der Waals surface area contributed by atoms with Gasteiger partial charge in [-0.3, -0.25) is 9.59 Å². The molecule has 1 fully saturated rings. The molecule has 0 spiro atoms. The molecule has 0 aliphatic carbocycles. The standard InChI is InChI=1S/C23H21N3O4/c1-25-11-21(28)26-14(10-20(25)27)9-16-15-4-2-3-5-17(15)24-22(16)23(26)13-6-7-18-19(8-13)30-12-29-18/h2-8,14,23-24H,9-12H2,1H3/t14-,23-/m1/s1. The summed E-state index contributed by atoms with van der Waals surface area (Å²) >= 11 is 0. The number of hydrogen-bond donors (Lipinski definition) is 1. The lowest BCUT2D eigenvalue weighted by Gasteiger charge is -2.41. The summed E-state index contributed by atoms with van der Waals surface area (Å²) in [6.45, 7) is 0.289. The van der Waals surface area contributed by atoms with Crippen LogP contribution in [0.25, 0.3) is 10.9 Å². The van der Waals surface area contributed by atoms with E-state index in [0.29, 0.717) is 24.3 Å². The Bertz CT molecular complexity index is 1200. The number of rotatable bonds is 1. The minimum absolute atomic E-state index is 0.00331. The van der Waals surface area contributed by atoms with Gasteiger partial charge in [0.25, 0.3) is 0 Å². The number of aromatic amines is 1. The van der Waals surface area contributed by atoms with E-state index in [-0.39, 0.29) is 37.2 Å². The van der Waals surface area contributed by atoms with Crippen LogP contribution in [0.1, 0.15) is 29.3 Å². The van der Waals surface area contributed by atoms with E-state index in [2.05, 4.69) is 17.1 Å². The summed E-state index contributed by atoms with van der Waals surface area (Å²) in [5, 5.41) is 1.15. The van der Waals surface area contributed by atoms with Gasteiger partial charge in [-0.05, 0) is 35.7 Å². The molecule has 1 saturated heterocycles. The van der Waals surface area contributed by atoms with Crippen molar-refractivity contribution in [1.82, 2.24) is 14.8 Å². The number of carbonyl (C=O) groups is 2. The number of fused-ring (bicyclic) bond motifs is 5. The maximum atomic E-state index is 13.3. The molecule has 7 heteroatoms. The number of nitrogens with one attached hydrogen (secondary N) is 1. The molecule has 2 amide bonds. The Hall–Kier alpha value is -3.48. The zero-order valence-electron chi connectivity index (χ0n) is 16.6. The number of nitrogens with zero attached hydrogens (tertiary/aromatic N) is 2. The Balaban J connectivity index is 1.57. The Labute approximate surface area is 173 Å². The van der Waals surface area contributed by atoms with Gasteiger partial charge in [-0.2, -0.15) is 0 Å². The van der Waals surface area contributed by atoms with Crippen LogP contribution in [-0.4, -0.2) is 53.0 Å². The van der Waals surface area contributed by atoms with E-state index in [0.717, 1.165) is 22.2 Å². The second kappa shape index (κ2) is 6.26. The lowest BCUT2D eigenvalue weighted by Crippen LogP contribution is -2.48. The molecule has 3 aliphatic heterocycles. The van der Waals surface area contributed by atoms with Crippen LogP contribution in [0.3, 0.4) is 0 Å². The molecule has 0 saturated carbocycles. The van der Waals surface area contributed by atoms with Gasteiger partial charge < -0.3 is 24.3 Å². The predicted molar refractivity (Wildman–Crippen MR) is 109 cm³/mol. The Morgan fingerprint density at radius 3 is 2.73 bits per heavy atom. The first-order valence-electron chi connectivity index (χ1n) is 10.1. The van der Waals surface area contributed by atoms with Crippen LogP contribution >= 0.6 is 0 Å². The van der Waals surface area contributed by atoms with E-state index < -0.39 is 0 Å². The summed E-state index contributed by atoms with van der Waals surface area (Å²) in [4.78, 5) is 32.9. The Morgan fingerprint density at radius 2 is 1.83 bits per heavy atom. The van der Waals surface area contributed by atoms with E-state index in [4.69, 9.17) is 9.47 Å². The van der Waals surface area contributed by atoms with Gasteiger partial charge in [0, 0.05) is 36.1 Å². The fourth-order valence-corrected chi connectivity index (χ4v) is 5.02. The van der Waals surface area contributed by atoms with Gasteiger partial charge in [0.1, 0.15) is 0 Å². The summed E-state index contributed by atoms with van der Waals surface area (Å²) in [5.41, 5.74) is 4.18. The molecule has 0 bridgehead atoms. The number of carbonyl (C=O) groups excluding carboxylic acids is 2. The highest BCUT2D eigenvalue weighted by Crippen LogP contribution is 2.44. The third-order valence-electron chi connectivity index (χ3n) is 6.44. The van der Waals surface area contributed by atoms with Crippen molar-refractivity contribution in [3.8, 4) is 11.5 Å². The van der Waals surface area contributed by atoms with Gasteiger partial charge in [0.05, 0.1) is 12.6 Å². The highest BCUT2D eigenvalue weighted by atomic mass is 16.7. The Kier molecular flexibility index (Phi) is 3.63. The zero-order valence-corrected chi connectivity index (χ0v) is 16.6. The zero-order chi connectivity index (χ0) is 20.4. The quantitative estimate of drug-likeness (QED) is 0.678. The molecule has 152 valence electrons. The van der Waals surface area contributed by atoms with Gasteiger partial charge in [-0.25, -0.2) is 0 Å². The Morgan fingerprint density at radius 1 is 1.00 bits per heavy atom. The third-order valence-corrected chi connectivity index (χ3v) is 6.44. The van der Waals surface area contributed by atoms with Crippen molar-refractivity contribution in [2.24, 2.45) is 0 Å². The number of hydrogen-bond acceptors (Lipinski definition) is 4. The molecule has 2 aromatic carbocycles. The molecule has 0 radical (unpaired) electrons. The van der Waals surface area contributed by atoms with E-state index in [1.54, 1.807) is 7.05 Å². The van der Waals surface area contributed by atoms with Crippen molar-refractivity contribution in [2.75, 3.05) is 20.4 Å². The highest BCUT2D eigenvalue weighted by molar-refractivity contribution is 5.91.